The molecule has 0 aromatic heterocycles. The Morgan fingerprint density at radius 2 is 1.91 bits per heavy atom. The summed E-state index contributed by atoms with van der Waals surface area (Å²) in [5.74, 6) is 1.77. The van der Waals surface area contributed by atoms with Gasteiger partial charge >= 0.3 is 0 Å². The second-order valence-electron chi connectivity index (χ2n) is 5.38. The highest BCUT2D eigenvalue weighted by Crippen LogP contribution is 2.25. The van der Waals surface area contributed by atoms with Crippen LogP contribution in [0.25, 0.3) is 0 Å². The lowest BCUT2D eigenvalue weighted by Crippen LogP contribution is -2.41. The number of amides is 1. The quantitative estimate of drug-likeness (QED) is 0.729. The Balaban J connectivity index is 0.00000441. The zero-order chi connectivity index (χ0) is 15.7. The standard InChI is InChI=1S/C16H26N2O3.ClH/c1-12(2)10-13(11-17)18-16(19)8-9-21-15-7-5-4-6-14(15)20-3;/h4-7,12-13H,8-11,17H2,1-3H3,(H,18,19);1H. The number of rotatable bonds is 9. The molecule has 6 heteroatoms. The number of hydrogen-bond acceptors (Lipinski definition) is 4. The molecule has 0 heterocycles. The first-order chi connectivity index (χ1) is 10.1. The highest BCUT2D eigenvalue weighted by atomic mass is 35.5. The number of ether oxygens (including phenoxy) is 2. The molecule has 0 bridgehead atoms. The largest absolute Gasteiger partial charge is 0.493 e. The Kier molecular flexibility index (Phi) is 10.4. The van der Waals surface area contributed by atoms with Crippen LogP contribution >= 0.6 is 12.4 Å². The minimum atomic E-state index is -0.0407. The third-order valence-corrected chi connectivity index (χ3v) is 3.06. The Morgan fingerprint density at radius 1 is 1.27 bits per heavy atom. The summed E-state index contributed by atoms with van der Waals surface area (Å²) in [4.78, 5) is 11.9. The van der Waals surface area contributed by atoms with Crippen molar-refractivity contribution in [2.75, 3.05) is 20.3 Å². The number of carbonyl (C=O) groups is 1. The Bertz CT molecular complexity index is 441. The van der Waals surface area contributed by atoms with E-state index in [2.05, 4.69) is 19.2 Å². The third-order valence-electron chi connectivity index (χ3n) is 3.06. The Labute approximate surface area is 139 Å². The van der Waals surface area contributed by atoms with Gasteiger partial charge in [0.25, 0.3) is 0 Å². The highest BCUT2D eigenvalue weighted by Gasteiger charge is 2.12. The summed E-state index contributed by atoms with van der Waals surface area (Å²) in [5, 5.41) is 2.94. The average molecular weight is 331 g/mol. The molecule has 22 heavy (non-hydrogen) atoms. The fraction of sp³-hybridized carbons (Fsp3) is 0.562. The molecule has 0 aliphatic heterocycles. The van der Waals surface area contributed by atoms with Crippen molar-refractivity contribution in [2.45, 2.75) is 32.7 Å². The molecular formula is C16H27ClN2O3. The maximum Gasteiger partial charge on any atom is 0.223 e. The lowest BCUT2D eigenvalue weighted by molar-refractivity contribution is -0.122. The molecule has 3 N–H and O–H groups in total. The van der Waals surface area contributed by atoms with E-state index in [9.17, 15) is 4.79 Å². The molecule has 0 spiro atoms. The van der Waals surface area contributed by atoms with Gasteiger partial charge in [-0.1, -0.05) is 26.0 Å². The van der Waals surface area contributed by atoms with Gasteiger partial charge in [-0.25, -0.2) is 0 Å². The first kappa shape index (κ1) is 20.5. The molecule has 0 fully saturated rings. The number of para-hydroxylation sites is 2. The first-order valence-electron chi connectivity index (χ1n) is 7.32. The van der Waals surface area contributed by atoms with Gasteiger partial charge in [0.15, 0.2) is 11.5 Å². The monoisotopic (exact) mass is 330 g/mol. The van der Waals surface area contributed by atoms with E-state index in [0.29, 0.717) is 37.0 Å². The van der Waals surface area contributed by atoms with E-state index in [0.717, 1.165) is 6.42 Å². The fourth-order valence-corrected chi connectivity index (χ4v) is 2.07. The second kappa shape index (κ2) is 11.2. The van der Waals surface area contributed by atoms with Gasteiger partial charge in [0, 0.05) is 12.6 Å². The van der Waals surface area contributed by atoms with Crippen molar-refractivity contribution in [1.82, 2.24) is 5.32 Å². The number of benzene rings is 1. The van der Waals surface area contributed by atoms with Gasteiger partial charge in [-0.3, -0.25) is 4.79 Å². The molecule has 1 aromatic carbocycles. The van der Waals surface area contributed by atoms with Gasteiger partial charge in [0.1, 0.15) is 0 Å². The van der Waals surface area contributed by atoms with Crippen LogP contribution in [0.4, 0.5) is 0 Å². The van der Waals surface area contributed by atoms with Gasteiger partial charge in [0.2, 0.25) is 5.91 Å². The highest BCUT2D eigenvalue weighted by molar-refractivity contribution is 5.85. The van der Waals surface area contributed by atoms with Crippen LogP contribution in [0.5, 0.6) is 11.5 Å². The molecule has 1 atom stereocenters. The van der Waals surface area contributed by atoms with Crippen LogP contribution in [0.1, 0.15) is 26.7 Å². The van der Waals surface area contributed by atoms with Crippen LogP contribution in [0, 0.1) is 5.92 Å². The van der Waals surface area contributed by atoms with Crippen molar-refractivity contribution in [3.8, 4) is 11.5 Å². The van der Waals surface area contributed by atoms with Crippen molar-refractivity contribution < 1.29 is 14.3 Å². The normalized spacial score (nSPS) is 11.5. The predicted octanol–water partition coefficient (Wildman–Crippen LogP) is 2.38. The van der Waals surface area contributed by atoms with E-state index >= 15 is 0 Å². The smallest absolute Gasteiger partial charge is 0.223 e. The van der Waals surface area contributed by atoms with Gasteiger partial charge in [-0.15, -0.1) is 12.4 Å². The Hall–Kier alpha value is -1.46. The molecule has 0 saturated carbocycles. The van der Waals surface area contributed by atoms with E-state index in [1.807, 2.05) is 24.3 Å². The molecule has 1 rings (SSSR count). The molecule has 5 nitrogen and oxygen atoms in total. The van der Waals surface area contributed by atoms with E-state index < -0.39 is 0 Å². The van der Waals surface area contributed by atoms with E-state index in [1.54, 1.807) is 7.11 Å². The van der Waals surface area contributed by atoms with Crippen molar-refractivity contribution in [1.29, 1.82) is 0 Å². The average Bonchev–Trinajstić information content (AvgIpc) is 2.46. The van der Waals surface area contributed by atoms with Gasteiger partial charge < -0.3 is 20.5 Å². The summed E-state index contributed by atoms with van der Waals surface area (Å²) in [6.45, 7) is 4.99. The number of hydrogen-bond donors (Lipinski definition) is 2. The number of nitrogens with two attached hydrogens (primary N) is 1. The zero-order valence-corrected chi connectivity index (χ0v) is 14.3. The maximum absolute atomic E-state index is 11.9. The molecule has 0 saturated heterocycles. The molecule has 0 radical (unpaired) electrons. The van der Waals surface area contributed by atoms with E-state index in [-0.39, 0.29) is 24.4 Å². The molecule has 126 valence electrons. The molecule has 0 aliphatic rings. The third kappa shape index (κ3) is 7.52. The number of halogens is 1. The molecule has 1 aromatic rings. The first-order valence-corrected chi connectivity index (χ1v) is 7.32. The lowest BCUT2D eigenvalue weighted by atomic mass is 10.0. The van der Waals surface area contributed by atoms with E-state index in [4.69, 9.17) is 15.2 Å². The molecule has 0 aliphatic carbocycles. The number of methoxy groups -OCH3 is 1. The summed E-state index contributed by atoms with van der Waals surface area (Å²) in [6, 6.07) is 7.41. The SMILES string of the molecule is COc1ccccc1OCCC(=O)NC(CN)CC(C)C.Cl. The zero-order valence-electron chi connectivity index (χ0n) is 13.5. The van der Waals surface area contributed by atoms with Crippen molar-refractivity contribution in [2.24, 2.45) is 11.7 Å². The Morgan fingerprint density at radius 3 is 2.45 bits per heavy atom. The van der Waals surface area contributed by atoms with Crippen molar-refractivity contribution in [3.63, 3.8) is 0 Å². The van der Waals surface area contributed by atoms with Crippen LogP contribution in [-0.4, -0.2) is 32.2 Å². The topological polar surface area (TPSA) is 73.6 Å². The fourth-order valence-electron chi connectivity index (χ4n) is 2.07. The number of nitrogens with one attached hydrogen (secondary N) is 1. The summed E-state index contributed by atoms with van der Waals surface area (Å²) in [5.41, 5.74) is 5.66. The maximum atomic E-state index is 11.9. The van der Waals surface area contributed by atoms with Crippen molar-refractivity contribution >= 4 is 18.3 Å². The minimum Gasteiger partial charge on any atom is -0.493 e. The predicted molar refractivity (Wildman–Crippen MR) is 90.8 cm³/mol. The van der Waals surface area contributed by atoms with E-state index in [1.165, 1.54) is 0 Å². The summed E-state index contributed by atoms with van der Waals surface area (Å²) < 4.78 is 10.8. The number of carbonyl (C=O) groups excluding carboxylic acids is 1. The van der Waals surface area contributed by atoms with Gasteiger partial charge in [-0.05, 0) is 24.5 Å². The van der Waals surface area contributed by atoms with Crippen molar-refractivity contribution in [3.05, 3.63) is 24.3 Å². The second-order valence-corrected chi connectivity index (χ2v) is 5.38. The molecule has 1 amide bonds. The summed E-state index contributed by atoms with van der Waals surface area (Å²) in [7, 11) is 1.59. The summed E-state index contributed by atoms with van der Waals surface area (Å²) in [6.07, 6.45) is 1.18. The van der Waals surface area contributed by atoms with Crippen LogP contribution < -0.4 is 20.5 Å². The summed E-state index contributed by atoms with van der Waals surface area (Å²) >= 11 is 0. The van der Waals surface area contributed by atoms with Crippen LogP contribution in [-0.2, 0) is 4.79 Å². The minimum absolute atomic E-state index is 0. The van der Waals surface area contributed by atoms with Crippen LogP contribution in [0.15, 0.2) is 24.3 Å². The van der Waals surface area contributed by atoms with Gasteiger partial charge in [-0.2, -0.15) is 0 Å². The molecule has 1 unspecified atom stereocenters. The van der Waals surface area contributed by atoms with Gasteiger partial charge in [0.05, 0.1) is 20.1 Å². The lowest BCUT2D eigenvalue weighted by Gasteiger charge is -2.19. The van der Waals surface area contributed by atoms with Crippen LogP contribution in [0.3, 0.4) is 0 Å². The molecular weight excluding hydrogens is 304 g/mol. The van der Waals surface area contributed by atoms with Crippen LogP contribution in [0.2, 0.25) is 0 Å².